The van der Waals surface area contributed by atoms with E-state index in [1.807, 2.05) is 20.8 Å². The molecule has 0 heterocycles. The molecule has 2 unspecified atom stereocenters. The molecule has 0 saturated carbocycles. The maximum Gasteiger partial charge on any atom is 0.501 e. The highest BCUT2D eigenvalue weighted by Gasteiger charge is 2.44. The molecule has 5 heteroatoms. The Morgan fingerprint density at radius 2 is 0.962 bits per heavy atom. The molecule has 53 heavy (non-hydrogen) atoms. The highest BCUT2D eigenvalue weighted by atomic mass is 28.4. The maximum atomic E-state index is 6.73. The summed E-state index contributed by atoms with van der Waals surface area (Å²) in [6, 6.07) is 37.8. The van der Waals surface area contributed by atoms with Crippen LogP contribution in [0.2, 0.25) is 6.04 Å². The van der Waals surface area contributed by atoms with Crippen molar-refractivity contribution in [3.63, 3.8) is 0 Å². The SMILES string of the molecule is CCCOC(CC[Si](OCC)(OCC)OCC)C1(CC)C=c2cc3cc4cc5cc6cc7cc8ccccc8cc7cc6cc5cc4cc3cc2=CC1. The fourth-order valence-corrected chi connectivity index (χ4v) is 11.4. The van der Waals surface area contributed by atoms with Crippen molar-refractivity contribution in [1.82, 2.24) is 0 Å². The summed E-state index contributed by atoms with van der Waals surface area (Å²) >= 11 is 0. The van der Waals surface area contributed by atoms with Gasteiger partial charge in [-0.2, -0.15) is 0 Å². The van der Waals surface area contributed by atoms with Crippen molar-refractivity contribution < 1.29 is 18.0 Å². The molecule has 0 amide bonds. The van der Waals surface area contributed by atoms with Crippen molar-refractivity contribution in [3.05, 3.63) is 107 Å². The first-order chi connectivity index (χ1) is 25.9. The zero-order valence-electron chi connectivity index (χ0n) is 32.0. The first kappa shape index (κ1) is 35.9. The van der Waals surface area contributed by atoms with Crippen molar-refractivity contribution in [2.24, 2.45) is 5.41 Å². The Bertz CT molecular complexity index is 2580. The molecule has 0 fully saturated rings. The van der Waals surface area contributed by atoms with Crippen LogP contribution in [0.4, 0.5) is 0 Å². The van der Waals surface area contributed by atoms with Crippen molar-refractivity contribution in [1.29, 1.82) is 0 Å². The van der Waals surface area contributed by atoms with E-state index in [0.29, 0.717) is 19.8 Å². The molecule has 8 rings (SSSR count). The summed E-state index contributed by atoms with van der Waals surface area (Å²) in [6.07, 6.45) is 8.77. The zero-order valence-corrected chi connectivity index (χ0v) is 33.0. The summed E-state index contributed by atoms with van der Waals surface area (Å²) in [6.45, 7) is 13.1. The Labute approximate surface area is 314 Å². The molecule has 0 radical (unpaired) electrons. The Morgan fingerprint density at radius 3 is 1.38 bits per heavy atom. The van der Waals surface area contributed by atoms with E-state index in [9.17, 15) is 0 Å². The fourth-order valence-electron chi connectivity index (χ4n) is 8.81. The molecule has 0 aliphatic heterocycles. The summed E-state index contributed by atoms with van der Waals surface area (Å²) in [5.41, 5.74) is -0.120. The maximum absolute atomic E-state index is 6.73. The molecule has 0 saturated heterocycles. The van der Waals surface area contributed by atoms with Crippen LogP contribution in [0.25, 0.3) is 76.8 Å². The Kier molecular flexibility index (Phi) is 10.1. The van der Waals surface area contributed by atoms with E-state index >= 15 is 0 Å². The van der Waals surface area contributed by atoms with Crippen LogP contribution in [0.3, 0.4) is 0 Å². The van der Waals surface area contributed by atoms with Crippen LogP contribution in [0.15, 0.2) is 97.1 Å². The summed E-state index contributed by atoms with van der Waals surface area (Å²) in [4.78, 5) is 0. The number of benzene rings is 7. The van der Waals surface area contributed by atoms with E-state index in [1.54, 1.807) is 0 Å². The number of hydrogen-bond donors (Lipinski definition) is 0. The molecular formula is C48H52O4Si. The van der Waals surface area contributed by atoms with Gasteiger partial charge >= 0.3 is 8.80 Å². The molecule has 0 aromatic heterocycles. The van der Waals surface area contributed by atoms with Gasteiger partial charge in [0.15, 0.2) is 0 Å². The predicted octanol–water partition coefficient (Wildman–Crippen LogP) is 11.2. The summed E-state index contributed by atoms with van der Waals surface area (Å²) in [5, 5.41) is 17.9. The van der Waals surface area contributed by atoms with Gasteiger partial charge < -0.3 is 18.0 Å². The Morgan fingerprint density at radius 1 is 0.547 bits per heavy atom. The number of ether oxygens (including phenoxy) is 1. The van der Waals surface area contributed by atoms with Crippen molar-refractivity contribution >= 4 is 85.6 Å². The second kappa shape index (κ2) is 15.0. The minimum absolute atomic E-state index is 0.0365. The average Bonchev–Trinajstić information content (AvgIpc) is 3.16. The lowest BCUT2D eigenvalue weighted by Crippen LogP contribution is -2.48. The molecule has 7 aromatic carbocycles. The summed E-state index contributed by atoms with van der Waals surface area (Å²) in [7, 11) is -2.80. The largest absolute Gasteiger partial charge is 0.501 e. The summed E-state index contributed by atoms with van der Waals surface area (Å²) < 4.78 is 25.5. The first-order valence-corrected chi connectivity index (χ1v) is 21.8. The Balaban J connectivity index is 1.18. The first-order valence-electron chi connectivity index (χ1n) is 19.8. The minimum atomic E-state index is -2.80. The predicted molar refractivity (Wildman–Crippen MR) is 227 cm³/mol. The van der Waals surface area contributed by atoms with Crippen molar-refractivity contribution in [2.45, 2.75) is 72.5 Å². The Hall–Kier alpha value is -4.10. The molecule has 7 aromatic rings. The molecule has 1 aliphatic carbocycles. The van der Waals surface area contributed by atoms with Crippen molar-refractivity contribution in [3.8, 4) is 0 Å². The van der Waals surface area contributed by atoms with E-state index in [4.69, 9.17) is 18.0 Å². The second-order valence-electron chi connectivity index (χ2n) is 14.8. The average molecular weight is 721 g/mol. The smallest absolute Gasteiger partial charge is 0.377 e. The van der Waals surface area contributed by atoms with Gasteiger partial charge in [0.25, 0.3) is 0 Å². The second-order valence-corrected chi connectivity index (χ2v) is 17.6. The lowest BCUT2D eigenvalue weighted by atomic mass is 9.72. The fraction of sp³-hybridized carbons (Fsp3) is 0.333. The normalized spacial score (nSPS) is 16.8. The van der Waals surface area contributed by atoms with Gasteiger partial charge in [-0.05, 0) is 194 Å². The zero-order chi connectivity index (χ0) is 36.6. The van der Waals surface area contributed by atoms with Gasteiger partial charge in [-0.3, -0.25) is 0 Å². The van der Waals surface area contributed by atoms with Crippen LogP contribution in [0.1, 0.15) is 60.3 Å². The third-order valence-electron chi connectivity index (χ3n) is 11.5. The lowest BCUT2D eigenvalue weighted by Gasteiger charge is -2.40. The van der Waals surface area contributed by atoms with Gasteiger partial charge in [0, 0.05) is 37.9 Å². The molecule has 2 atom stereocenters. The third-order valence-corrected chi connectivity index (χ3v) is 14.6. The molecule has 0 bridgehead atoms. The highest BCUT2D eigenvalue weighted by molar-refractivity contribution is 6.60. The molecule has 272 valence electrons. The van der Waals surface area contributed by atoms with Crippen LogP contribution < -0.4 is 10.4 Å². The van der Waals surface area contributed by atoms with Crippen LogP contribution in [-0.4, -0.2) is 41.3 Å². The van der Waals surface area contributed by atoms with Gasteiger partial charge in [-0.15, -0.1) is 0 Å². The van der Waals surface area contributed by atoms with Crippen LogP contribution in [0.5, 0.6) is 0 Å². The van der Waals surface area contributed by atoms with Gasteiger partial charge in [-0.25, -0.2) is 0 Å². The summed E-state index contributed by atoms with van der Waals surface area (Å²) in [5.74, 6) is 0. The number of rotatable bonds is 14. The van der Waals surface area contributed by atoms with Crippen LogP contribution in [0, 0.1) is 5.41 Å². The molecule has 1 aliphatic rings. The molecule has 4 nitrogen and oxygen atoms in total. The topological polar surface area (TPSA) is 36.9 Å². The highest BCUT2D eigenvalue weighted by Crippen LogP contribution is 2.40. The van der Waals surface area contributed by atoms with Crippen LogP contribution >= 0.6 is 0 Å². The quantitative estimate of drug-likeness (QED) is 0.0828. The molecular weight excluding hydrogens is 669 g/mol. The van der Waals surface area contributed by atoms with E-state index in [-0.39, 0.29) is 11.5 Å². The van der Waals surface area contributed by atoms with Crippen LogP contribution in [-0.2, 0) is 18.0 Å². The molecule has 0 spiro atoms. The van der Waals surface area contributed by atoms with Crippen molar-refractivity contribution in [2.75, 3.05) is 26.4 Å². The van der Waals surface area contributed by atoms with Gasteiger partial charge in [0.2, 0.25) is 0 Å². The minimum Gasteiger partial charge on any atom is -0.377 e. The van der Waals surface area contributed by atoms with E-state index in [2.05, 4.69) is 123 Å². The van der Waals surface area contributed by atoms with E-state index < -0.39 is 8.80 Å². The van der Waals surface area contributed by atoms with E-state index in [1.165, 1.54) is 75.1 Å². The monoisotopic (exact) mass is 720 g/mol. The number of hydrogen-bond acceptors (Lipinski definition) is 4. The standard InChI is InChI=1S/C48H52O4Si/c1-6-18-49-47(16-19-53(50-8-3,51-9-4)52-10-5)48(7-2)17-15-35-22-38-25-41-28-42-26-39-23-36-20-33-13-11-12-14-34(33)21-37(36)24-40(39)27-43(42)29-44(41)30-45(38)31-46(35)32-48/h11-15,20-32,47H,6-10,16-19H2,1-5H3. The molecule has 0 N–H and O–H groups in total. The van der Waals surface area contributed by atoms with E-state index in [0.717, 1.165) is 38.3 Å². The van der Waals surface area contributed by atoms with Gasteiger partial charge in [0.1, 0.15) is 0 Å². The lowest BCUT2D eigenvalue weighted by molar-refractivity contribution is -0.0197. The van der Waals surface area contributed by atoms with Gasteiger partial charge in [-0.1, -0.05) is 50.3 Å². The number of fused-ring (bicyclic) bond motifs is 7. The third kappa shape index (κ3) is 6.90. The van der Waals surface area contributed by atoms with Gasteiger partial charge in [0.05, 0.1) is 6.10 Å².